The zero-order chi connectivity index (χ0) is 10.6. The van der Waals surface area contributed by atoms with Crippen LogP contribution in [0.4, 0.5) is 5.82 Å². The minimum absolute atomic E-state index is 0.404. The Morgan fingerprint density at radius 2 is 2.07 bits per heavy atom. The lowest BCUT2D eigenvalue weighted by Gasteiger charge is -2.15. The number of halogens is 1. The van der Waals surface area contributed by atoms with Crippen molar-refractivity contribution in [2.75, 3.05) is 5.32 Å². The Bertz CT molecular complexity index is 271. The molecule has 1 aromatic rings. The van der Waals surface area contributed by atoms with Crippen LogP contribution >= 0.6 is 15.9 Å². The van der Waals surface area contributed by atoms with Gasteiger partial charge in [-0.05, 0) is 32.4 Å². The molecule has 2 atom stereocenters. The Kier molecular flexibility index (Phi) is 4.32. The lowest BCUT2D eigenvalue weighted by Crippen LogP contribution is -2.19. The van der Waals surface area contributed by atoms with E-state index in [4.69, 9.17) is 0 Å². The second-order valence-electron chi connectivity index (χ2n) is 3.62. The molecule has 2 unspecified atom stereocenters. The van der Waals surface area contributed by atoms with Crippen molar-refractivity contribution in [1.29, 1.82) is 0 Å². The van der Waals surface area contributed by atoms with E-state index in [0.717, 1.165) is 17.9 Å². The van der Waals surface area contributed by atoms with Gasteiger partial charge in [0.2, 0.25) is 0 Å². The summed E-state index contributed by atoms with van der Waals surface area (Å²) in [5, 5.41) is 11.3. The Balaban J connectivity index is 2.47. The van der Waals surface area contributed by atoms with E-state index in [-0.39, 0.29) is 0 Å². The largest absolute Gasteiger partial charge is 0.366 e. The minimum atomic E-state index is 0.404. The van der Waals surface area contributed by atoms with Gasteiger partial charge >= 0.3 is 0 Å². The Hall–Kier alpha value is -0.640. The minimum Gasteiger partial charge on any atom is -0.366 e. The van der Waals surface area contributed by atoms with E-state index in [9.17, 15) is 0 Å². The van der Waals surface area contributed by atoms with E-state index in [2.05, 4.69) is 45.3 Å². The quantitative estimate of drug-likeness (QED) is 0.844. The second-order valence-corrected chi connectivity index (χ2v) is 5.18. The maximum atomic E-state index is 4.05. The lowest BCUT2D eigenvalue weighted by molar-refractivity contribution is 0.702. The fourth-order valence-corrected chi connectivity index (χ4v) is 1.84. The van der Waals surface area contributed by atoms with Crippen molar-refractivity contribution in [2.24, 2.45) is 0 Å². The average Bonchev–Trinajstić information content (AvgIpc) is 2.07. The van der Waals surface area contributed by atoms with Crippen molar-refractivity contribution in [2.45, 2.75) is 38.1 Å². The fourth-order valence-electron chi connectivity index (χ4n) is 1.27. The number of hydrogen-bond acceptors (Lipinski definition) is 3. The molecule has 14 heavy (non-hydrogen) atoms. The first-order valence-corrected chi connectivity index (χ1v) is 5.70. The molecule has 0 aliphatic heterocycles. The molecule has 0 aliphatic rings. The van der Waals surface area contributed by atoms with Crippen LogP contribution in [0.1, 0.15) is 26.0 Å². The van der Waals surface area contributed by atoms with Crippen molar-refractivity contribution in [3.05, 3.63) is 17.8 Å². The van der Waals surface area contributed by atoms with Crippen LogP contribution < -0.4 is 5.32 Å². The van der Waals surface area contributed by atoms with Crippen molar-refractivity contribution in [3.8, 4) is 0 Å². The molecule has 3 nitrogen and oxygen atoms in total. The van der Waals surface area contributed by atoms with E-state index in [1.165, 1.54) is 0 Å². The molecule has 0 saturated carbocycles. The molecule has 0 aliphatic carbocycles. The fraction of sp³-hybridized carbons (Fsp3) is 0.600. The zero-order valence-electron chi connectivity index (χ0n) is 8.79. The Labute approximate surface area is 93.4 Å². The average molecular weight is 258 g/mol. The Morgan fingerprint density at radius 3 is 2.57 bits per heavy atom. The topological polar surface area (TPSA) is 37.8 Å². The molecule has 0 fully saturated rings. The molecule has 0 spiro atoms. The van der Waals surface area contributed by atoms with Crippen molar-refractivity contribution in [3.63, 3.8) is 0 Å². The van der Waals surface area contributed by atoms with Gasteiger partial charge in [0, 0.05) is 10.9 Å². The first-order chi connectivity index (χ1) is 6.58. The smallest absolute Gasteiger partial charge is 0.148 e. The summed E-state index contributed by atoms with van der Waals surface area (Å²) in [7, 11) is 0. The van der Waals surface area contributed by atoms with Gasteiger partial charge in [0.1, 0.15) is 5.82 Å². The van der Waals surface area contributed by atoms with Gasteiger partial charge in [0.15, 0.2) is 0 Å². The highest BCUT2D eigenvalue weighted by Crippen LogP contribution is 2.11. The van der Waals surface area contributed by atoms with E-state index in [1.807, 2.05) is 19.1 Å². The van der Waals surface area contributed by atoms with Crippen LogP contribution in [0.5, 0.6) is 0 Å². The van der Waals surface area contributed by atoms with Crippen LogP contribution in [0, 0.1) is 6.92 Å². The normalized spacial score (nSPS) is 14.9. The van der Waals surface area contributed by atoms with E-state index in [0.29, 0.717) is 10.9 Å². The molecule has 4 heteroatoms. The second kappa shape index (κ2) is 5.29. The summed E-state index contributed by atoms with van der Waals surface area (Å²) in [4.78, 5) is 0.517. The maximum absolute atomic E-state index is 4.05. The van der Waals surface area contributed by atoms with Gasteiger partial charge in [0.05, 0.1) is 5.69 Å². The molecule has 0 radical (unpaired) electrons. The predicted octanol–water partition coefficient (Wildman–Crippen LogP) is 2.76. The third-order valence-electron chi connectivity index (χ3n) is 1.87. The van der Waals surface area contributed by atoms with Crippen LogP contribution in [-0.2, 0) is 0 Å². The zero-order valence-corrected chi connectivity index (χ0v) is 10.4. The number of anilines is 1. The third-order valence-corrected chi connectivity index (χ3v) is 2.24. The van der Waals surface area contributed by atoms with Crippen molar-refractivity contribution in [1.82, 2.24) is 10.2 Å². The van der Waals surface area contributed by atoms with Crippen molar-refractivity contribution >= 4 is 21.7 Å². The summed E-state index contributed by atoms with van der Waals surface area (Å²) in [6, 6.07) is 4.32. The molecule has 78 valence electrons. The summed E-state index contributed by atoms with van der Waals surface area (Å²) < 4.78 is 0. The standard InChI is InChI=1S/C10H16BrN3/c1-7(11)6-9(3)12-10-5-4-8(2)13-14-10/h4-5,7,9H,6H2,1-3H3,(H,12,14). The lowest BCUT2D eigenvalue weighted by atomic mass is 10.2. The van der Waals surface area contributed by atoms with Gasteiger partial charge < -0.3 is 5.32 Å². The number of nitrogens with zero attached hydrogens (tertiary/aromatic N) is 2. The highest BCUT2D eigenvalue weighted by molar-refractivity contribution is 9.09. The Morgan fingerprint density at radius 1 is 1.36 bits per heavy atom. The number of aryl methyl sites for hydroxylation is 1. The summed E-state index contributed by atoms with van der Waals surface area (Å²) in [5.74, 6) is 0.844. The molecule has 1 aromatic heterocycles. The molecular formula is C10H16BrN3. The molecule has 1 N–H and O–H groups in total. The highest BCUT2D eigenvalue weighted by atomic mass is 79.9. The van der Waals surface area contributed by atoms with Crippen LogP contribution in [0.3, 0.4) is 0 Å². The number of alkyl halides is 1. The molecule has 1 rings (SSSR count). The maximum Gasteiger partial charge on any atom is 0.148 e. The van der Waals surface area contributed by atoms with E-state index >= 15 is 0 Å². The van der Waals surface area contributed by atoms with Gasteiger partial charge in [-0.2, -0.15) is 5.10 Å². The molecule has 0 amide bonds. The van der Waals surface area contributed by atoms with Crippen molar-refractivity contribution < 1.29 is 0 Å². The number of nitrogens with one attached hydrogen (secondary N) is 1. The molecule has 0 aromatic carbocycles. The van der Waals surface area contributed by atoms with Gasteiger partial charge in [-0.3, -0.25) is 0 Å². The van der Waals surface area contributed by atoms with Gasteiger partial charge in [-0.1, -0.05) is 22.9 Å². The highest BCUT2D eigenvalue weighted by Gasteiger charge is 2.06. The van der Waals surface area contributed by atoms with Gasteiger partial charge in [-0.25, -0.2) is 0 Å². The molecule has 1 heterocycles. The molecule has 0 bridgehead atoms. The van der Waals surface area contributed by atoms with Crippen LogP contribution in [0.2, 0.25) is 0 Å². The van der Waals surface area contributed by atoms with Crippen LogP contribution in [0.15, 0.2) is 12.1 Å². The first kappa shape index (κ1) is 11.4. The summed E-state index contributed by atoms with van der Waals surface area (Å²) in [6.45, 7) is 6.21. The van der Waals surface area contributed by atoms with Gasteiger partial charge in [0.25, 0.3) is 0 Å². The summed E-state index contributed by atoms with van der Waals surface area (Å²) >= 11 is 3.52. The predicted molar refractivity (Wildman–Crippen MR) is 62.9 cm³/mol. The number of rotatable bonds is 4. The van der Waals surface area contributed by atoms with E-state index < -0.39 is 0 Å². The van der Waals surface area contributed by atoms with E-state index in [1.54, 1.807) is 0 Å². The van der Waals surface area contributed by atoms with Crippen LogP contribution in [0.25, 0.3) is 0 Å². The summed E-state index contributed by atoms with van der Waals surface area (Å²) in [6.07, 6.45) is 1.07. The third kappa shape index (κ3) is 4.05. The van der Waals surface area contributed by atoms with Gasteiger partial charge in [-0.15, -0.1) is 5.10 Å². The molecular weight excluding hydrogens is 242 g/mol. The summed E-state index contributed by atoms with van der Waals surface area (Å²) in [5.41, 5.74) is 0.942. The number of hydrogen-bond donors (Lipinski definition) is 1. The number of aromatic nitrogens is 2. The molecule has 0 saturated heterocycles. The SMILES string of the molecule is Cc1ccc(NC(C)CC(C)Br)nn1. The monoisotopic (exact) mass is 257 g/mol. The first-order valence-electron chi connectivity index (χ1n) is 4.79. The van der Waals surface area contributed by atoms with Crippen LogP contribution in [-0.4, -0.2) is 21.1 Å².